The van der Waals surface area contributed by atoms with Crippen molar-refractivity contribution in [2.45, 2.75) is 19.9 Å². The second kappa shape index (κ2) is 7.12. The number of amidine groups is 1. The molecular formula is C13H24N4. The van der Waals surface area contributed by atoms with Crippen LogP contribution >= 0.6 is 0 Å². The molecule has 0 saturated carbocycles. The lowest BCUT2D eigenvalue weighted by atomic mass is 10.2. The smallest absolute Gasteiger partial charge is 0.147 e. The summed E-state index contributed by atoms with van der Waals surface area (Å²) in [4.78, 5) is 6.73. The van der Waals surface area contributed by atoms with E-state index >= 15 is 0 Å². The van der Waals surface area contributed by atoms with Crippen LogP contribution in [0.2, 0.25) is 0 Å². The molecule has 1 aliphatic rings. The molecule has 0 aromatic heterocycles. The summed E-state index contributed by atoms with van der Waals surface area (Å²) >= 11 is 0. The standard InChI is InChI=1S/C13H24N4/c1-5-6-12(16-11(2)3)13(14-4)17-9-7-15-8-10-17/h5-6,11,15-16H,1,7-10H2,2-4H3/b12-6+,14-13?. The summed E-state index contributed by atoms with van der Waals surface area (Å²) in [6.07, 6.45) is 3.79. The number of rotatable bonds is 4. The molecular weight excluding hydrogens is 212 g/mol. The minimum atomic E-state index is 0.390. The van der Waals surface area contributed by atoms with E-state index in [2.05, 4.69) is 41.0 Å². The van der Waals surface area contributed by atoms with Gasteiger partial charge in [-0.3, -0.25) is 4.99 Å². The Kier molecular flexibility index (Phi) is 5.77. The van der Waals surface area contributed by atoms with Crippen molar-refractivity contribution in [3.63, 3.8) is 0 Å². The first-order valence-electron chi connectivity index (χ1n) is 6.21. The Hall–Kier alpha value is -1.29. The predicted molar refractivity (Wildman–Crippen MR) is 74.4 cm³/mol. The van der Waals surface area contributed by atoms with Gasteiger partial charge in [0.15, 0.2) is 0 Å². The van der Waals surface area contributed by atoms with Crippen molar-refractivity contribution in [1.82, 2.24) is 15.5 Å². The summed E-state index contributed by atoms with van der Waals surface area (Å²) in [6.45, 7) is 12.1. The van der Waals surface area contributed by atoms with E-state index < -0.39 is 0 Å². The molecule has 1 saturated heterocycles. The normalized spacial score (nSPS) is 18.5. The molecule has 0 aromatic rings. The monoisotopic (exact) mass is 236 g/mol. The van der Waals surface area contributed by atoms with Crippen LogP contribution < -0.4 is 10.6 Å². The van der Waals surface area contributed by atoms with Crippen LogP contribution in [0.1, 0.15) is 13.8 Å². The third kappa shape index (κ3) is 4.23. The summed E-state index contributed by atoms with van der Waals surface area (Å²) < 4.78 is 0. The Morgan fingerprint density at radius 3 is 2.53 bits per heavy atom. The molecule has 0 spiro atoms. The predicted octanol–water partition coefficient (Wildman–Crippen LogP) is 0.988. The van der Waals surface area contributed by atoms with Crippen LogP contribution in [0.3, 0.4) is 0 Å². The molecule has 0 aromatic carbocycles. The average molecular weight is 236 g/mol. The van der Waals surface area contributed by atoms with E-state index in [1.165, 1.54) is 0 Å². The molecule has 1 heterocycles. The van der Waals surface area contributed by atoms with Gasteiger partial charge in [0.1, 0.15) is 5.84 Å². The highest BCUT2D eigenvalue weighted by molar-refractivity contribution is 5.98. The summed E-state index contributed by atoms with van der Waals surface area (Å²) in [5, 5.41) is 6.77. The lowest BCUT2D eigenvalue weighted by Gasteiger charge is -2.32. The maximum absolute atomic E-state index is 4.42. The molecule has 1 aliphatic heterocycles. The largest absolute Gasteiger partial charge is 0.380 e. The van der Waals surface area contributed by atoms with Gasteiger partial charge in [-0.25, -0.2) is 0 Å². The van der Waals surface area contributed by atoms with E-state index in [4.69, 9.17) is 0 Å². The van der Waals surface area contributed by atoms with Crippen LogP contribution in [0.25, 0.3) is 0 Å². The third-order valence-corrected chi connectivity index (χ3v) is 2.60. The van der Waals surface area contributed by atoms with Gasteiger partial charge in [-0.1, -0.05) is 12.7 Å². The van der Waals surface area contributed by atoms with Gasteiger partial charge < -0.3 is 15.5 Å². The molecule has 0 bridgehead atoms. The molecule has 4 nitrogen and oxygen atoms in total. The number of hydrogen-bond donors (Lipinski definition) is 2. The summed E-state index contributed by atoms with van der Waals surface area (Å²) in [5.74, 6) is 1.03. The van der Waals surface area contributed by atoms with Crippen molar-refractivity contribution in [2.75, 3.05) is 33.2 Å². The number of nitrogens with zero attached hydrogens (tertiary/aromatic N) is 2. The van der Waals surface area contributed by atoms with E-state index in [9.17, 15) is 0 Å². The zero-order chi connectivity index (χ0) is 12.7. The number of allylic oxidation sites excluding steroid dienone is 2. The Morgan fingerprint density at radius 1 is 1.41 bits per heavy atom. The van der Waals surface area contributed by atoms with Gasteiger partial charge in [-0.05, 0) is 19.9 Å². The molecule has 2 N–H and O–H groups in total. The first-order valence-corrected chi connectivity index (χ1v) is 6.21. The zero-order valence-electron chi connectivity index (χ0n) is 11.2. The number of aliphatic imine (C=N–C) groups is 1. The van der Waals surface area contributed by atoms with Crippen LogP contribution in [0.4, 0.5) is 0 Å². The lowest BCUT2D eigenvalue weighted by Crippen LogP contribution is -2.48. The molecule has 0 aliphatic carbocycles. The topological polar surface area (TPSA) is 39.7 Å². The minimum absolute atomic E-state index is 0.390. The Morgan fingerprint density at radius 2 is 2.06 bits per heavy atom. The van der Waals surface area contributed by atoms with Crippen molar-refractivity contribution >= 4 is 5.84 Å². The Bertz CT molecular complexity index is 299. The van der Waals surface area contributed by atoms with Crippen molar-refractivity contribution < 1.29 is 0 Å². The van der Waals surface area contributed by atoms with Crippen molar-refractivity contribution in [3.8, 4) is 0 Å². The van der Waals surface area contributed by atoms with Crippen molar-refractivity contribution in [1.29, 1.82) is 0 Å². The van der Waals surface area contributed by atoms with Crippen LogP contribution in [0.15, 0.2) is 29.4 Å². The number of nitrogens with one attached hydrogen (secondary N) is 2. The van der Waals surface area contributed by atoms with Crippen molar-refractivity contribution in [2.24, 2.45) is 4.99 Å². The molecule has 17 heavy (non-hydrogen) atoms. The molecule has 1 rings (SSSR count). The van der Waals surface area contributed by atoms with Crippen LogP contribution in [0, 0.1) is 0 Å². The summed E-state index contributed by atoms with van der Waals surface area (Å²) in [5.41, 5.74) is 1.06. The van der Waals surface area contributed by atoms with Gasteiger partial charge in [0, 0.05) is 39.3 Å². The van der Waals surface area contributed by atoms with E-state index in [1.807, 2.05) is 13.1 Å². The quantitative estimate of drug-likeness (QED) is 0.434. The molecule has 0 radical (unpaired) electrons. The highest BCUT2D eigenvalue weighted by Gasteiger charge is 2.17. The first-order chi connectivity index (χ1) is 8.19. The van der Waals surface area contributed by atoms with Crippen molar-refractivity contribution in [3.05, 3.63) is 24.4 Å². The summed E-state index contributed by atoms with van der Waals surface area (Å²) in [7, 11) is 1.84. The molecule has 1 fully saturated rings. The average Bonchev–Trinajstić information content (AvgIpc) is 2.31. The SMILES string of the molecule is C=C/C=C(/NC(C)C)C(=NC)N1CCNCC1. The molecule has 0 amide bonds. The molecule has 4 heteroatoms. The van der Waals surface area contributed by atoms with Gasteiger partial charge in [-0.15, -0.1) is 0 Å². The Balaban J connectivity index is 2.81. The van der Waals surface area contributed by atoms with E-state index in [0.29, 0.717) is 6.04 Å². The fourth-order valence-electron chi connectivity index (χ4n) is 1.92. The zero-order valence-corrected chi connectivity index (χ0v) is 11.2. The fourth-order valence-corrected chi connectivity index (χ4v) is 1.92. The van der Waals surface area contributed by atoms with Crippen LogP contribution in [0.5, 0.6) is 0 Å². The maximum Gasteiger partial charge on any atom is 0.147 e. The second-order valence-corrected chi connectivity index (χ2v) is 4.40. The van der Waals surface area contributed by atoms with Gasteiger partial charge >= 0.3 is 0 Å². The van der Waals surface area contributed by atoms with Gasteiger partial charge in [0.2, 0.25) is 0 Å². The van der Waals surface area contributed by atoms with Gasteiger partial charge in [0.25, 0.3) is 0 Å². The third-order valence-electron chi connectivity index (χ3n) is 2.60. The van der Waals surface area contributed by atoms with E-state index in [0.717, 1.165) is 37.7 Å². The van der Waals surface area contributed by atoms with Crippen LogP contribution in [-0.4, -0.2) is 50.0 Å². The minimum Gasteiger partial charge on any atom is -0.380 e. The maximum atomic E-state index is 4.42. The molecule has 96 valence electrons. The molecule has 0 unspecified atom stereocenters. The Labute approximate surface area is 104 Å². The fraction of sp³-hybridized carbons (Fsp3) is 0.615. The highest BCUT2D eigenvalue weighted by Crippen LogP contribution is 2.05. The molecule has 0 atom stereocenters. The summed E-state index contributed by atoms with van der Waals surface area (Å²) in [6, 6.07) is 0.390. The van der Waals surface area contributed by atoms with Gasteiger partial charge in [0.05, 0.1) is 5.70 Å². The first kappa shape index (κ1) is 13.8. The van der Waals surface area contributed by atoms with Gasteiger partial charge in [-0.2, -0.15) is 0 Å². The van der Waals surface area contributed by atoms with Crippen LogP contribution in [-0.2, 0) is 0 Å². The lowest BCUT2D eigenvalue weighted by molar-refractivity contribution is 0.355. The van der Waals surface area contributed by atoms with E-state index in [1.54, 1.807) is 6.08 Å². The van der Waals surface area contributed by atoms with E-state index in [-0.39, 0.29) is 0 Å². The second-order valence-electron chi connectivity index (χ2n) is 4.40. The number of piperazine rings is 1. The highest BCUT2D eigenvalue weighted by atomic mass is 15.2. The number of hydrogen-bond acceptors (Lipinski definition) is 3.